The first-order valence-corrected chi connectivity index (χ1v) is 6.18. The minimum Gasteiger partial charge on any atom is -0.439 e. The zero-order valence-corrected chi connectivity index (χ0v) is 10.8. The monoisotopic (exact) mass is 250 g/mol. The molecule has 0 fully saturated rings. The lowest BCUT2D eigenvalue weighted by Gasteiger charge is -2.04. The number of hydrogen-bond acceptors (Lipinski definition) is 6. The van der Waals surface area contributed by atoms with E-state index in [1.165, 1.54) is 11.8 Å². The molecule has 2 aromatic rings. The summed E-state index contributed by atoms with van der Waals surface area (Å²) in [4.78, 5) is 12.8. The highest BCUT2D eigenvalue weighted by Crippen LogP contribution is 2.26. The van der Waals surface area contributed by atoms with Crippen molar-refractivity contribution in [3.8, 4) is 0 Å². The Hall–Kier alpha value is -1.56. The molecule has 0 atom stereocenters. The number of anilines is 1. The molecule has 0 aromatic carbocycles. The fourth-order valence-corrected chi connectivity index (χ4v) is 2.15. The number of rotatable bonds is 4. The number of aryl methyl sites for hydroxylation is 2. The first-order valence-electron chi connectivity index (χ1n) is 5.37. The molecule has 2 heterocycles. The van der Waals surface area contributed by atoms with Gasteiger partial charge in [0.2, 0.25) is 0 Å². The van der Waals surface area contributed by atoms with E-state index in [1.54, 1.807) is 6.26 Å². The van der Waals surface area contributed by atoms with Gasteiger partial charge in [0.05, 0.1) is 5.69 Å². The summed E-state index contributed by atoms with van der Waals surface area (Å²) in [6.07, 6.45) is 1.63. The highest BCUT2D eigenvalue weighted by atomic mass is 32.2. The Balaban J connectivity index is 2.20. The van der Waals surface area contributed by atoms with Gasteiger partial charge in [0.15, 0.2) is 0 Å². The smallest absolute Gasteiger partial charge is 0.262 e. The molecule has 1 N–H and O–H groups in total. The second-order valence-corrected chi connectivity index (χ2v) is 4.50. The van der Waals surface area contributed by atoms with E-state index in [-0.39, 0.29) is 0 Å². The molecule has 90 valence electrons. The number of aromatic nitrogens is 3. The summed E-state index contributed by atoms with van der Waals surface area (Å²) in [6.45, 7) is 6.62. The van der Waals surface area contributed by atoms with E-state index in [0.29, 0.717) is 5.22 Å². The summed E-state index contributed by atoms with van der Waals surface area (Å²) >= 11 is 1.39. The lowest BCUT2D eigenvalue weighted by atomic mass is 10.5. The number of hydrogen-bond donors (Lipinski definition) is 1. The highest BCUT2D eigenvalue weighted by molar-refractivity contribution is 7.99. The summed E-state index contributed by atoms with van der Waals surface area (Å²) in [7, 11) is 0. The van der Waals surface area contributed by atoms with Crippen LogP contribution in [-0.4, -0.2) is 21.5 Å². The maximum Gasteiger partial charge on any atom is 0.262 e. The maximum absolute atomic E-state index is 5.28. The van der Waals surface area contributed by atoms with Gasteiger partial charge in [-0.25, -0.2) is 15.0 Å². The average Bonchev–Trinajstić information content (AvgIpc) is 2.63. The molecule has 0 spiro atoms. The van der Waals surface area contributed by atoms with Gasteiger partial charge in [-0.05, 0) is 32.5 Å². The molecule has 6 heteroatoms. The summed E-state index contributed by atoms with van der Waals surface area (Å²) in [5.41, 5.74) is 0.866. The van der Waals surface area contributed by atoms with Crippen molar-refractivity contribution in [3.05, 3.63) is 23.8 Å². The zero-order chi connectivity index (χ0) is 12.3. The van der Waals surface area contributed by atoms with E-state index in [9.17, 15) is 0 Å². The van der Waals surface area contributed by atoms with E-state index in [4.69, 9.17) is 4.42 Å². The molecule has 0 amide bonds. The van der Waals surface area contributed by atoms with Crippen molar-refractivity contribution in [3.63, 3.8) is 0 Å². The van der Waals surface area contributed by atoms with Gasteiger partial charge in [0.1, 0.15) is 22.9 Å². The SMILES string of the molecule is CCNc1cc(Sc2nc(C)co2)nc(C)n1. The van der Waals surface area contributed by atoms with Crippen LogP contribution in [-0.2, 0) is 0 Å². The van der Waals surface area contributed by atoms with Crippen molar-refractivity contribution >= 4 is 17.6 Å². The van der Waals surface area contributed by atoms with Crippen LogP contribution in [0.4, 0.5) is 5.82 Å². The quantitative estimate of drug-likeness (QED) is 0.842. The van der Waals surface area contributed by atoms with Crippen molar-refractivity contribution < 1.29 is 4.42 Å². The standard InChI is InChI=1S/C11H14N4OS/c1-4-12-9-5-10(15-8(3)14-9)17-11-13-7(2)6-16-11/h5-6H,4H2,1-3H3,(H,12,14,15). The van der Waals surface area contributed by atoms with Crippen molar-refractivity contribution in [2.75, 3.05) is 11.9 Å². The van der Waals surface area contributed by atoms with Gasteiger partial charge in [-0.2, -0.15) is 0 Å². The molecule has 5 nitrogen and oxygen atoms in total. The molecule has 0 unspecified atom stereocenters. The Morgan fingerprint density at radius 1 is 1.29 bits per heavy atom. The molecule has 0 bridgehead atoms. The summed E-state index contributed by atoms with van der Waals surface area (Å²) < 4.78 is 5.28. The largest absolute Gasteiger partial charge is 0.439 e. The Bertz CT molecular complexity index is 512. The minimum absolute atomic E-state index is 0.600. The van der Waals surface area contributed by atoms with Gasteiger partial charge in [0, 0.05) is 12.6 Å². The van der Waals surface area contributed by atoms with E-state index in [2.05, 4.69) is 20.3 Å². The number of oxazole rings is 1. The van der Waals surface area contributed by atoms with Crippen LogP contribution < -0.4 is 5.32 Å². The predicted molar refractivity (Wildman–Crippen MR) is 66.3 cm³/mol. The van der Waals surface area contributed by atoms with Crippen LogP contribution in [0.1, 0.15) is 18.4 Å². The molecular weight excluding hydrogens is 236 g/mol. The second kappa shape index (κ2) is 5.18. The van der Waals surface area contributed by atoms with E-state index in [1.807, 2.05) is 26.8 Å². The number of nitrogens with zero attached hydrogens (tertiary/aromatic N) is 3. The molecule has 2 rings (SSSR count). The molecule has 0 aliphatic heterocycles. The summed E-state index contributed by atoms with van der Waals surface area (Å²) in [5.74, 6) is 1.56. The van der Waals surface area contributed by atoms with Crippen LogP contribution in [0.2, 0.25) is 0 Å². The van der Waals surface area contributed by atoms with Gasteiger partial charge in [0.25, 0.3) is 5.22 Å². The van der Waals surface area contributed by atoms with Crippen LogP contribution in [0.3, 0.4) is 0 Å². The Labute approximate surface area is 104 Å². The van der Waals surface area contributed by atoms with E-state index >= 15 is 0 Å². The fraction of sp³-hybridized carbons (Fsp3) is 0.364. The molecule has 2 aromatic heterocycles. The van der Waals surface area contributed by atoms with E-state index in [0.717, 1.165) is 28.9 Å². The zero-order valence-electron chi connectivity index (χ0n) is 10.0. The van der Waals surface area contributed by atoms with Crippen LogP contribution >= 0.6 is 11.8 Å². The van der Waals surface area contributed by atoms with Crippen LogP contribution in [0.25, 0.3) is 0 Å². The molecule has 0 saturated carbocycles. The van der Waals surface area contributed by atoms with Crippen LogP contribution in [0.15, 0.2) is 27.0 Å². The normalized spacial score (nSPS) is 10.5. The molecular formula is C11H14N4OS. The number of nitrogens with one attached hydrogen (secondary N) is 1. The third-order valence-electron chi connectivity index (χ3n) is 1.96. The Morgan fingerprint density at radius 3 is 2.76 bits per heavy atom. The maximum atomic E-state index is 5.28. The van der Waals surface area contributed by atoms with Crippen molar-refractivity contribution in [2.24, 2.45) is 0 Å². The minimum atomic E-state index is 0.600. The van der Waals surface area contributed by atoms with Crippen LogP contribution in [0.5, 0.6) is 0 Å². The van der Waals surface area contributed by atoms with Crippen LogP contribution in [0, 0.1) is 13.8 Å². The topological polar surface area (TPSA) is 63.8 Å². The van der Waals surface area contributed by atoms with Crippen molar-refractivity contribution in [1.82, 2.24) is 15.0 Å². The first-order chi connectivity index (χ1) is 8.17. The lowest BCUT2D eigenvalue weighted by molar-refractivity contribution is 0.453. The molecule has 0 radical (unpaired) electrons. The third-order valence-corrected chi connectivity index (χ3v) is 2.74. The fourth-order valence-electron chi connectivity index (χ4n) is 1.33. The highest BCUT2D eigenvalue weighted by Gasteiger charge is 2.07. The first kappa shape index (κ1) is 11.9. The van der Waals surface area contributed by atoms with E-state index < -0.39 is 0 Å². The predicted octanol–water partition coefficient (Wildman–Crippen LogP) is 2.66. The van der Waals surface area contributed by atoms with Gasteiger partial charge in [-0.1, -0.05) is 0 Å². The van der Waals surface area contributed by atoms with Gasteiger partial charge in [-0.15, -0.1) is 0 Å². The molecule has 0 aliphatic rings. The van der Waals surface area contributed by atoms with Crippen molar-refractivity contribution in [2.45, 2.75) is 31.0 Å². The third kappa shape index (κ3) is 3.20. The van der Waals surface area contributed by atoms with Crippen molar-refractivity contribution in [1.29, 1.82) is 0 Å². The molecule has 0 aliphatic carbocycles. The van der Waals surface area contributed by atoms with Gasteiger partial charge >= 0.3 is 0 Å². The average molecular weight is 250 g/mol. The Morgan fingerprint density at radius 2 is 2.12 bits per heavy atom. The lowest BCUT2D eigenvalue weighted by Crippen LogP contribution is -2.02. The second-order valence-electron chi connectivity index (χ2n) is 3.53. The van der Waals surface area contributed by atoms with Gasteiger partial charge in [-0.3, -0.25) is 0 Å². The summed E-state index contributed by atoms with van der Waals surface area (Å²) in [6, 6.07) is 1.89. The molecule has 17 heavy (non-hydrogen) atoms. The molecule has 0 saturated heterocycles. The summed E-state index contributed by atoms with van der Waals surface area (Å²) in [5, 5.41) is 4.59. The Kier molecular flexibility index (Phi) is 3.63. The van der Waals surface area contributed by atoms with Gasteiger partial charge < -0.3 is 9.73 Å².